The predicted octanol–water partition coefficient (Wildman–Crippen LogP) is 0.766. The summed E-state index contributed by atoms with van der Waals surface area (Å²) >= 11 is 0. The quantitative estimate of drug-likeness (QED) is 0.812. The Morgan fingerprint density at radius 1 is 1.35 bits per heavy atom. The van der Waals surface area contributed by atoms with Gasteiger partial charge in [0.2, 0.25) is 0 Å². The van der Waals surface area contributed by atoms with E-state index in [9.17, 15) is 4.79 Å². The maximum atomic E-state index is 11.8. The van der Waals surface area contributed by atoms with Crippen LogP contribution in [0.15, 0.2) is 12.4 Å². The standard InChI is InChI=1S/C12H18N4O/c17-12(9-7-13-14-8-9)15-10-3-5-16(6-4-10)11-1-2-11/h7-8,10-11H,1-6H2,(H,13,14)(H,15,17). The molecule has 2 fully saturated rings. The second-order valence-corrected chi connectivity index (χ2v) is 5.00. The van der Waals surface area contributed by atoms with Crippen molar-refractivity contribution in [2.24, 2.45) is 0 Å². The fourth-order valence-corrected chi connectivity index (χ4v) is 2.49. The number of hydrogen-bond acceptors (Lipinski definition) is 3. The van der Waals surface area contributed by atoms with Crippen LogP contribution in [0.3, 0.4) is 0 Å². The molecule has 2 aliphatic rings. The average molecular weight is 234 g/mol. The highest BCUT2D eigenvalue weighted by molar-refractivity contribution is 5.93. The number of nitrogens with zero attached hydrogens (tertiary/aromatic N) is 2. The van der Waals surface area contributed by atoms with E-state index in [0.717, 1.165) is 32.0 Å². The van der Waals surface area contributed by atoms with Crippen molar-refractivity contribution in [2.75, 3.05) is 13.1 Å². The van der Waals surface area contributed by atoms with Gasteiger partial charge in [-0.05, 0) is 25.7 Å². The summed E-state index contributed by atoms with van der Waals surface area (Å²) in [4.78, 5) is 14.4. The number of carbonyl (C=O) groups is 1. The summed E-state index contributed by atoms with van der Waals surface area (Å²) in [6, 6.07) is 1.17. The molecule has 0 radical (unpaired) electrons. The molecule has 0 spiro atoms. The molecule has 0 bridgehead atoms. The van der Waals surface area contributed by atoms with E-state index in [1.54, 1.807) is 12.4 Å². The van der Waals surface area contributed by atoms with Crippen molar-refractivity contribution < 1.29 is 4.79 Å². The highest BCUT2D eigenvalue weighted by Gasteiger charge is 2.32. The summed E-state index contributed by atoms with van der Waals surface area (Å²) in [5.74, 6) is -0.0105. The van der Waals surface area contributed by atoms with Crippen molar-refractivity contribution in [2.45, 2.75) is 37.8 Å². The zero-order chi connectivity index (χ0) is 11.7. The van der Waals surface area contributed by atoms with Crippen LogP contribution in [0.4, 0.5) is 0 Å². The van der Waals surface area contributed by atoms with Gasteiger partial charge in [0.15, 0.2) is 0 Å². The summed E-state index contributed by atoms with van der Waals surface area (Å²) in [5.41, 5.74) is 0.620. The Morgan fingerprint density at radius 3 is 2.71 bits per heavy atom. The van der Waals surface area contributed by atoms with E-state index in [2.05, 4.69) is 20.4 Å². The second-order valence-electron chi connectivity index (χ2n) is 5.00. The highest BCUT2D eigenvalue weighted by atomic mass is 16.1. The molecular weight excluding hydrogens is 216 g/mol. The van der Waals surface area contributed by atoms with Crippen LogP contribution in [-0.4, -0.2) is 46.2 Å². The van der Waals surface area contributed by atoms with Crippen LogP contribution in [0.25, 0.3) is 0 Å². The van der Waals surface area contributed by atoms with Gasteiger partial charge in [0, 0.05) is 31.4 Å². The molecule has 2 N–H and O–H groups in total. The van der Waals surface area contributed by atoms with Crippen LogP contribution in [0.5, 0.6) is 0 Å². The third kappa shape index (κ3) is 2.49. The number of aromatic nitrogens is 2. The minimum absolute atomic E-state index is 0.0105. The van der Waals surface area contributed by atoms with Crippen molar-refractivity contribution >= 4 is 5.91 Å². The molecule has 0 atom stereocenters. The minimum atomic E-state index is -0.0105. The monoisotopic (exact) mass is 234 g/mol. The van der Waals surface area contributed by atoms with E-state index in [1.165, 1.54) is 12.8 Å². The molecule has 1 aliphatic carbocycles. The SMILES string of the molecule is O=C(NC1CCN(C2CC2)CC1)c1cn[nH]c1. The van der Waals surface area contributed by atoms with Crippen LogP contribution < -0.4 is 5.32 Å². The Kier molecular flexibility index (Phi) is 2.84. The number of piperidine rings is 1. The lowest BCUT2D eigenvalue weighted by molar-refractivity contribution is 0.0909. The van der Waals surface area contributed by atoms with Crippen LogP contribution in [0.2, 0.25) is 0 Å². The maximum absolute atomic E-state index is 11.8. The van der Waals surface area contributed by atoms with Gasteiger partial charge in [-0.1, -0.05) is 0 Å². The minimum Gasteiger partial charge on any atom is -0.349 e. The van der Waals surface area contributed by atoms with E-state index in [0.29, 0.717) is 11.6 Å². The Balaban J connectivity index is 1.48. The fraction of sp³-hybridized carbons (Fsp3) is 0.667. The van der Waals surface area contributed by atoms with Gasteiger partial charge in [-0.2, -0.15) is 5.10 Å². The number of aromatic amines is 1. The number of likely N-dealkylation sites (tertiary alicyclic amines) is 1. The topological polar surface area (TPSA) is 61.0 Å². The Labute approximate surface area is 101 Å². The first-order chi connectivity index (χ1) is 8.33. The predicted molar refractivity (Wildman–Crippen MR) is 63.7 cm³/mol. The molecule has 3 rings (SSSR count). The van der Waals surface area contributed by atoms with Gasteiger partial charge in [0.1, 0.15) is 0 Å². The number of hydrogen-bond donors (Lipinski definition) is 2. The first kappa shape index (κ1) is 10.8. The van der Waals surface area contributed by atoms with Gasteiger partial charge in [-0.25, -0.2) is 0 Å². The van der Waals surface area contributed by atoms with Crippen molar-refractivity contribution in [1.29, 1.82) is 0 Å². The van der Waals surface area contributed by atoms with Crippen molar-refractivity contribution in [1.82, 2.24) is 20.4 Å². The number of carbonyl (C=O) groups excluding carboxylic acids is 1. The highest BCUT2D eigenvalue weighted by Crippen LogP contribution is 2.29. The Hall–Kier alpha value is -1.36. The third-order valence-electron chi connectivity index (χ3n) is 3.69. The van der Waals surface area contributed by atoms with Gasteiger partial charge in [-0.3, -0.25) is 9.89 Å². The molecule has 1 saturated heterocycles. The van der Waals surface area contributed by atoms with Crippen LogP contribution >= 0.6 is 0 Å². The van der Waals surface area contributed by atoms with Crippen molar-refractivity contribution in [3.63, 3.8) is 0 Å². The van der Waals surface area contributed by atoms with E-state index >= 15 is 0 Å². The zero-order valence-electron chi connectivity index (χ0n) is 9.85. The van der Waals surface area contributed by atoms with Crippen LogP contribution in [0, 0.1) is 0 Å². The summed E-state index contributed by atoms with van der Waals surface area (Å²) in [6.45, 7) is 2.25. The second kappa shape index (κ2) is 4.49. The number of nitrogens with one attached hydrogen (secondary N) is 2. The fourth-order valence-electron chi connectivity index (χ4n) is 2.49. The molecule has 1 saturated carbocycles. The maximum Gasteiger partial charge on any atom is 0.254 e. The molecule has 1 aliphatic heterocycles. The number of amides is 1. The smallest absolute Gasteiger partial charge is 0.254 e. The summed E-state index contributed by atoms with van der Waals surface area (Å²) in [6.07, 6.45) is 8.07. The lowest BCUT2D eigenvalue weighted by atomic mass is 10.0. The van der Waals surface area contributed by atoms with E-state index < -0.39 is 0 Å². The molecule has 2 heterocycles. The normalized spacial score (nSPS) is 22.6. The molecule has 5 nitrogen and oxygen atoms in total. The Morgan fingerprint density at radius 2 is 2.12 bits per heavy atom. The van der Waals surface area contributed by atoms with Gasteiger partial charge in [0.05, 0.1) is 11.8 Å². The largest absolute Gasteiger partial charge is 0.349 e. The van der Waals surface area contributed by atoms with Gasteiger partial charge < -0.3 is 10.2 Å². The molecule has 0 aromatic carbocycles. The summed E-state index contributed by atoms with van der Waals surface area (Å²) in [5, 5.41) is 9.52. The van der Waals surface area contributed by atoms with E-state index in [4.69, 9.17) is 0 Å². The lowest BCUT2D eigenvalue weighted by Crippen LogP contribution is -2.45. The number of rotatable bonds is 3. The molecule has 5 heteroatoms. The van der Waals surface area contributed by atoms with Crippen molar-refractivity contribution in [3.8, 4) is 0 Å². The molecule has 1 aromatic heterocycles. The third-order valence-corrected chi connectivity index (χ3v) is 3.69. The van der Waals surface area contributed by atoms with Gasteiger partial charge in [-0.15, -0.1) is 0 Å². The molecule has 17 heavy (non-hydrogen) atoms. The molecule has 92 valence electrons. The average Bonchev–Trinajstić information content (AvgIpc) is 3.05. The molecular formula is C12H18N4O. The zero-order valence-corrected chi connectivity index (χ0v) is 9.85. The van der Waals surface area contributed by atoms with E-state index in [1.807, 2.05) is 0 Å². The first-order valence-corrected chi connectivity index (χ1v) is 6.36. The van der Waals surface area contributed by atoms with Crippen LogP contribution in [0.1, 0.15) is 36.0 Å². The summed E-state index contributed by atoms with van der Waals surface area (Å²) < 4.78 is 0. The molecule has 0 unspecified atom stereocenters. The van der Waals surface area contributed by atoms with Crippen LogP contribution in [-0.2, 0) is 0 Å². The Bertz CT molecular complexity index is 377. The first-order valence-electron chi connectivity index (χ1n) is 6.36. The van der Waals surface area contributed by atoms with Crippen molar-refractivity contribution in [3.05, 3.63) is 18.0 Å². The number of H-pyrrole nitrogens is 1. The molecule has 1 amide bonds. The molecule has 1 aromatic rings. The van der Waals surface area contributed by atoms with E-state index in [-0.39, 0.29) is 5.91 Å². The van der Waals surface area contributed by atoms with Gasteiger partial charge in [0.25, 0.3) is 5.91 Å². The lowest BCUT2D eigenvalue weighted by Gasteiger charge is -2.32. The van der Waals surface area contributed by atoms with Gasteiger partial charge >= 0.3 is 0 Å². The summed E-state index contributed by atoms with van der Waals surface area (Å²) in [7, 11) is 0.